The summed E-state index contributed by atoms with van der Waals surface area (Å²) < 4.78 is 18.4. The summed E-state index contributed by atoms with van der Waals surface area (Å²) >= 11 is 0. The Morgan fingerprint density at radius 3 is 2.76 bits per heavy atom. The second-order valence-electron chi connectivity index (χ2n) is 7.29. The standard InChI is InChI=1S/C21H30N4O4/c1-16(2)29-21(26)23-17-5-6-20(18(15-17)19-7-8-22-24(19)3)28-12-4-9-25-10-13-27-14-11-25/h5-8,15-16H,4,9-14H2,1-3H3,(H,23,26). The molecular weight excluding hydrogens is 372 g/mol. The largest absolute Gasteiger partial charge is 0.493 e. The molecule has 8 nitrogen and oxygen atoms in total. The monoisotopic (exact) mass is 402 g/mol. The molecule has 2 heterocycles. The van der Waals surface area contributed by atoms with Gasteiger partial charge < -0.3 is 14.2 Å². The SMILES string of the molecule is CC(C)OC(=O)Nc1ccc(OCCCN2CCOCC2)c(-c2ccnn2C)c1. The second-order valence-corrected chi connectivity index (χ2v) is 7.29. The number of ether oxygens (including phenoxy) is 3. The second kappa shape index (κ2) is 10.3. The van der Waals surface area contributed by atoms with Crippen LogP contribution in [-0.4, -0.2) is 66.3 Å². The van der Waals surface area contributed by atoms with Crippen molar-refractivity contribution in [3.63, 3.8) is 0 Å². The van der Waals surface area contributed by atoms with E-state index in [4.69, 9.17) is 14.2 Å². The van der Waals surface area contributed by atoms with Gasteiger partial charge in [-0.05, 0) is 44.5 Å². The van der Waals surface area contributed by atoms with Crippen molar-refractivity contribution in [2.75, 3.05) is 44.8 Å². The molecule has 8 heteroatoms. The molecule has 3 rings (SSSR count). The van der Waals surface area contributed by atoms with Crippen molar-refractivity contribution in [1.29, 1.82) is 0 Å². The lowest BCUT2D eigenvalue weighted by Crippen LogP contribution is -2.37. The van der Waals surface area contributed by atoms with E-state index in [1.807, 2.05) is 45.2 Å². The molecule has 1 aromatic heterocycles. The summed E-state index contributed by atoms with van der Waals surface area (Å²) in [4.78, 5) is 14.3. The minimum Gasteiger partial charge on any atom is -0.493 e. The first-order valence-corrected chi connectivity index (χ1v) is 10.1. The van der Waals surface area contributed by atoms with E-state index >= 15 is 0 Å². The van der Waals surface area contributed by atoms with Gasteiger partial charge in [-0.15, -0.1) is 0 Å². The number of nitrogens with one attached hydrogen (secondary N) is 1. The highest BCUT2D eigenvalue weighted by atomic mass is 16.6. The van der Waals surface area contributed by atoms with Crippen LogP contribution in [0.5, 0.6) is 5.75 Å². The van der Waals surface area contributed by atoms with Crippen molar-refractivity contribution in [2.45, 2.75) is 26.4 Å². The van der Waals surface area contributed by atoms with Gasteiger partial charge in [0.25, 0.3) is 0 Å². The van der Waals surface area contributed by atoms with Gasteiger partial charge in [-0.25, -0.2) is 4.79 Å². The van der Waals surface area contributed by atoms with Crippen LogP contribution in [0.2, 0.25) is 0 Å². The zero-order valence-electron chi connectivity index (χ0n) is 17.4. The van der Waals surface area contributed by atoms with Crippen molar-refractivity contribution in [3.05, 3.63) is 30.5 Å². The Morgan fingerprint density at radius 2 is 2.07 bits per heavy atom. The minimum atomic E-state index is -0.477. The van der Waals surface area contributed by atoms with Gasteiger partial charge in [0.2, 0.25) is 0 Å². The quantitative estimate of drug-likeness (QED) is 0.684. The Hall–Kier alpha value is -2.58. The molecular formula is C21H30N4O4. The average Bonchev–Trinajstić information content (AvgIpc) is 3.12. The van der Waals surface area contributed by atoms with Crippen LogP contribution >= 0.6 is 0 Å². The number of rotatable bonds is 8. The molecule has 0 aliphatic carbocycles. The van der Waals surface area contributed by atoms with Gasteiger partial charge in [0, 0.05) is 44.1 Å². The molecule has 0 atom stereocenters. The molecule has 1 aromatic carbocycles. The lowest BCUT2D eigenvalue weighted by atomic mass is 10.1. The Kier molecular flexibility index (Phi) is 7.48. The highest BCUT2D eigenvalue weighted by Crippen LogP contribution is 2.32. The zero-order valence-corrected chi connectivity index (χ0v) is 17.4. The van der Waals surface area contributed by atoms with Gasteiger partial charge in [0.15, 0.2) is 0 Å². The Morgan fingerprint density at radius 1 is 1.28 bits per heavy atom. The predicted octanol–water partition coefficient (Wildman–Crippen LogP) is 3.15. The lowest BCUT2D eigenvalue weighted by molar-refractivity contribution is 0.0358. The highest BCUT2D eigenvalue weighted by molar-refractivity contribution is 5.86. The average molecular weight is 402 g/mol. The molecule has 1 N–H and O–H groups in total. The number of benzene rings is 1. The molecule has 1 amide bonds. The Balaban J connectivity index is 1.66. The van der Waals surface area contributed by atoms with Gasteiger partial charge in [-0.3, -0.25) is 14.9 Å². The van der Waals surface area contributed by atoms with Crippen LogP contribution in [0.25, 0.3) is 11.3 Å². The van der Waals surface area contributed by atoms with E-state index in [1.54, 1.807) is 10.9 Å². The van der Waals surface area contributed by atoms with Crippen LogP contribution in [0.15, 0.2) is 30.5 Å². The molecule has 0 bridgehead atoms. The Bertz CT molecular complexity index is 800. The number of amides is 1. The summed E-state index contributed by atoms with van der Waals surface area (Å²) in [5.74, 6) is 0.762. The first-order valence-electron chi connectivity index (χ1n) is 10.1. The number of hydrogen-bond donors (Lipinski definition) is 1. The zero-order chi connectivity index (χ0) is 20.6. The van der Waals surface area contributed by atoms with Gasteiger partial charge in [0.1, 0.15) is 5.75 Å². The van der Waals surface area contributed by atoms with Gasteiger partial charge in [-0.1, -0.05) is 0 Å². The van der Waals surface area contributed by atoms with Crippen molar-refractivity contribution in [3.8, 4) is 17.0 Å². The number of carbonyl (C=O) groups excluding carboxylic acids is 1. The van der Waals surface area contributed by atoms with E-state index in [2.05, 4.69) is 15.3 Å². The van der Waals surface area contributed by atoms with Crippen molar-refractivity contribution < 1.29 is 19.0 Å². The molecule has 1 saturated heterocycles. The molecule has 158 valence electrons. The fourth-order valence-corrected chi connectivity index (χ4v) is 3.23. The molecule has 0 unspecified atom stereocenters. The number of anilines is 1. The summed E-state index contributed by atoms with van der Waals surface area (Å²) in [5.41, 5.74) is 2.43. The normalized spacial score (nSPS) is 14.8. The van der Waals surface area contributed by atoms with E-state index < -0.39 is 6.09 Å². The molecule has 0 saturated carbocycles. The summed E-state index contributed by atoms with van der Waals surface area (Å²) in [6, 6.07) is 7.50. The number of aromatic nitrogens is 2. The first-order chi connectivity index (χ1) is 14.0. The topological polar surface area (TPSA) is 77.8 Å². The fraction of sp³-hybridized carbons (Fsp3) is 0.524. The number of aryl methyl sites for hydroxylation is 1. The number of carbonyl (C=O) groups is 1. The maximum atomic E-state index is 11.9. The lowest BCUT2D eigenvalue weighted by Gasteiger charge is -2.26. The van der Waals surface area contributed by atoms with Gasteiger partial charge >= 0.3 is 6.09 Å². The molecule has 0 radical (unpaired) electrons. The van der Waals surface area contributed by atoms with Crippen LogP contribution in [0.3, 0.4) is 0 Å². The molecule has 1 aliphatic rings. The maximum absolute atomic E-state index is 11.9. The molecule has 2 aromatic rings. The predicted molar refractivity (Wildman–Crippen MR) is 111 cm³/mol. The van der Waals surface area contributed by atoms with E-state index in [0.717, 1.165) is 56.3 Å². The number of morpholine rings is 1. The number of hydrogen-bond acceptors (Lipinski definition) is 6. The Labute approximate surface area is 171 Å². The van der Waals surface area contributed by atoms with Crippen LogP contribution in [0.4, 0.5) is 10.5 Å². The van der Waals surface area contributed by atoms with E-state index in [-0.39, 0.29) is 6.10 Å². The van der Waals surface area contributed by atoms with Crippen molar-refractivity contribution in [1.82, 2.24) is 14.7 Å². The van der Waals surface area contributed by atoms with Crippen LogP contribution in [0, 0.1) is 0 Å². The number of nitrogens with zero attached hydrogens (tertiary/aromatic N) is 3. The minimum absolute atomic E-state index is 0.180. The summed E-state index contributed by atoms with van der Waals surface area (Å²) in [7, 11) is 1.88. The third-order valence-electron chi connectivity index (χ3n) is 4.65. The van der Waals surface area contributed by atoms with Gasteiger partial charge in [0.05, 0.1) is 31.6 Å². The molecule has 1 fully saturated rings. The van der Waals surface area contributed by atoms with Crippen LogP contribution in [0.1, 0.15) is 20.3 Å². The first kappa shape index (κ1) is 21.1. The van der Waals surface area contributed by atoms with E-state index in [1.165, 1.54) is 0 Å². The van der Waals surface area contributed by atoms with Gasteiger partial charge in [-0.2, -0.15) is 5.10 Å². The summed E-state index contributed by atoms with van der Waals surface area (Å²) in [5, 5.41) is 7.02. The summed E-state index contributed by atoms with van der Waals surface area (Å²) in [6.45, 7) is 8.80. The molecule has 29 heavy (non-hydrogen) atoms. The third kappa shape index (κ3) is 6.20. The van der Waals surface area contributed by atoms with Crippen LogP contribution in [-0.2, 0) is 16.5 Å². The highest BCUT2D eigenvalue weighted by Gasteiger charge is 2.14. The smallest absolute Gasteiger partial charge is 0.411 e. The fourth-order valence-electron chi connectivity index (χ4n) is 3.23. The van der Waals surface area contributed by atoms with Crippen LogP contribution < -0.4 is 10.1 Å². The maximum Gasteiger partial charge on any atom is 0.411 e. The van der Waals surface area contributed by atoms with E-state index in [0.29, 0.717) is 12.3 Å². The van der Waals surface area contributed by atoms with Crippen molar-refractivity contribution >= 4 is 11.8 Å². The molecule has 1 aliphatic heterocycles. The summed E-state index contributed by atoms with van der Waals surface area (Å²) in [6.07, 6.45) is 2.02. The third-order valence-corrected chi connectivity index (χ3v) is 4.65. The van der Waals surface area contributed by atoms with Crippen molar-refractivity contribution in [2.24, 2.45) is 7.05 Å². The molecule has 0 spiro atoms. The van der Waals surface area contributed by atoms with E-state index in [9.17, 15) is 4.79 Å².